The van der Waals surface area contributed by atoms with Crippen molar-refractivity contribution in [3.8, 4) is 5.75 Å². The number of carbonyl (C=O) groups excluding carboxylic acids is 2. The number of carbonyl (C=O) groups is 2. The summed E-state index contributed by atoms with van der Waals surface area (Å²) in [7, 11) is 0. The summed E-state index contributed by atoms with van der Waals surface area (Å²) in [4.78, 5) is 31.3. The molecular weight excluding hydrogens is 523 g/mol. The van der Waals surface area contributed by atoms with Crippen LogP contribution in [0.3, 0.4) is 0 Å². The summed E-state index contributed by atoms with van der Waals surface area (Å²) in [6.45, 7) is 0.672. The Bertz CT molecular complexity index is 1410. The monoisotopic (exact) mass is 558 g/mol. The van der Waals surface area contributed by atoms with Gasteiger partial charge in [-0.3, -0.25) is 14.6 Å². The van der Waals surface area contributed by atoms with Gasteiger partial charge in [-0.1, -0.05) is 30.3 Å². The fraction of sp³-hybridized carbons (Fsp3) is 0.406. The minimum absolute atomic E-state index is 0.0116. The van der Waals surface area contributed by atoms with Crippen LogP contribution in [0.15, 0.2) is 67.0 Å². The lowest BCUT2D eigenvalue weighted by molar-refractivity contribution is -0.117. The lowest BCUT2D eigenvalue weighted by Crippen LogP contribution is -2.52. The fourth-order valence-electron chi connectivity index (χ4n) is 6.15. The maximum atomic E-state index is 14.6. The van der Waals surface area contributed by atoms with E-state index in [9.17, 15) is 19.1 Å². The maximum absolute atomic E-state index is 14.6. The molecule has 1 aliphatic carbocycles. The van der Waals surface area contributed by atoms with E-state index in [4.69, 9.17) is 4.74 Å². The van der Waals surface area contributed by atoms with E-state index in [-0.39, 0.29) is 35.3 Å². The van der Waals surface area contributed by atoms with E-state index in [1.807, 2.05) is 36.4 Å². The number of aliphatic hydroxyl groups is 1. The Kier molecular flexibility index (Phi) is 7.73. The van der Waals surface area contributed by atoms with E-state index in [0.717, 1.165) is 42.6 Å². The number of aromatic nitrogens is 1. The second-order valence-corrected chi connectivity index (χ2v) is 11.4. The summed E-state index contributed by atoms with van der Waals surface area (Å²) in [5.41, 5.74) is 2.14. The molecule has 214 valence electrons. The second-order valence-electron chi connectivity index (χ2n) is 11.4. The number of benzene rings is 2. The van der Waals surface area contributed by atoms with Crippen LogP contribution in [0.4, 0.5) is 10.1 Å². The topological polar surface area (TPSA) is 104 Å². The SMILES string of the molecule is O=C(N[C@@H](Cc1ccccc1)[C@H](O)CN[C@@H]1CC2(CCC2)Oc2cnccc21)c1ccc(F)c(N2CCCC2=O)c1. The summed E-state index contributed by atoms with van der Waals surface area (Å²) in [5, 5.41) is 17.9. The zero-order valence-electron chi connectivity index (χ0n) is 22.9. The van der Waals surface area contributed by atoms with Gasteiger partial charge in [0.05, 0.1) is 24.0 Å². The maximum Gasteiger partial charge on any atom is 0.251 e. The smallest absolute Gasteiger partial charge is 0.251 e. The molecule has 2 aliphatic heterocycles. The molecule has 1 spiro atoms. The van der Waals surface area contributed by atoms with Crippen molar-refractivity contribution in [3.05, 3.63) is 89.5 Å². The van der Waals surface area contributed by atoms with E-state index in [1.54, 1.807) is 12.4 Å². The highest BCUT2D eigenvalue weighted by Crippen LogP contribution is 2.48. The van der Waals surface area contributed by atoms with Crippen molar-refractivity contribution < 1.29 is 23.8 Å². The van der Waals surface area contributed by atoms with Gasteiger partial charge in [0, 0.05) is 49.3 Å². The highest BCUT2D eigenvalue weighted by atomic mass is 19.1. The summed E-state index contributed by atoms with van der Waals surface area (Å²) in [6, 6.07) is 15.0. The van der Waals surface area contributed by atoms with Crippen LogP contribution < -0.4 is 20.3 Å². The molecule has 0 radical (unpaired) electrons. The molecule has 3 aliphatic rings. The Morgan fingerprint density at radius 1 is 1.17 bits per heavy atom. The van der Waals surface area contributed by atoms with E-state index >= 15 is 0 Å². The molecule has 8 nitrogen and oxygen atoms in total. The van der Waals surface area contributed by atoms with Crippen molar-refractivity contribution in [1.29, 1.82) is 0 Å². The molecule has 0 bridgehead atoms. The summed E-state index contributed by atoms with van der Waals surface area (Å²) < 4.78 is 20.9. The lowest BCUT2D eigenvalue weighted by Gasteiger charge is -2.48. The Balaban J connectivity index is 1.19. The van der Waals surface area contributed by atoms with Crippen molar-refractivity contribution in [2.75, 3.05) is 18.0 Å². The molecule has 1 saturated carbocycles. The Hall–Kier alpha value is -3.82. The fourth-order valence-corrected chi connectivity index (χ4v) is 6.15. The third-order valence-electron chi connectivity index (χ3n) is 8.58. The predicted octanol–water partition coefficient (Wildman–Crippen LogP) is 4.09. The lowest BCUT2D eigenvalue weighted by atomic mass is 9.73. The van der Waals surface area contributed by atoms with Gasteiger partial charge in [0.15, 0.2) is 0 Å². The van der Waals surface area contributed by atoms with Crippen LogP contribution in [0.5, 0.6) is 5.75 Å². The van der Waals surface area contributed by atoms with Gasteiger partial charge >= 0.3 is 0 Å². The number of halogens is 1. The van der Waals surface area contributed by atoms with Gasteiger partial charge in [-0.15, -0.1) is 0 Å². The number of nitrogens with zero attached hydrogens (tertiary/aromatic N) is 2. The van der Waals surface area contributed by atoms with Crippen molar-refractivity contribution in [1.82, 2.24) is 15.6 Å². The Morgan fingerprint density at radius 2 is 2.00 bits per heavy atom. The quantitative estimate of drug-likeness (QED) is 0.366. The minimum atomic E-state index is -0.912. The molecule has 3 aromatic rings. The number of anilines is 1. The van der Waals surface area contributed by atoms with Crippen LogP contribution in [0, 0.1) is 5.82 Å². The summed E-state index contributed by atoms with van der Waals surface area (Å²) in [6.07, 6.45) is 7.95. The minimum Gasteiger partial charge on any atom is -0.485 e. The standard InChI is InChI=1S/C32H35FN4O4/c33-24-10-9-22(17-27(24)37-15-4-8-30(37)39)31(40)36-25(16-21-6-2-1-3-7-21)28(38)19-35-26-18-32(12-5-13-32)41-29-20-34-14-11-23(26)29/h1-3,6-7,9-11,14,17,20,25-26,28,35,38H,4-5,8,12-13,15-16,18-19H2,(H,36,40)/t25-,26+,28+/m0/s1. The van der Waals surface area contributed by atoms with E-state index < -0.39 is 23.9 Å². The number of nitrogens with one attached hydrogen (secondary N) is 2. The van der Waals surface area contributed by atoms with Gasteiger partial charge in [0.25, 0.3) is 5.91 Å². The number of ether oxygens (including phenoxy) is 1. The predicted molar refractivity (Wildman–Crippen MR) is 152 cm³/mol. The van der Waals surface area contributed by atoms with Gasteiger partial charge in [-0.2, -0.15) is 0 Å². The Labute approximate surface area is 238 Å². The molecule has 3 atom stereocenters. The van der Waals surface area contributed by atoms with Crippen LogP contribution in [0.2, 0.25) is 0 Å². The molecule has 2 fully saturated rings. The second kappa shape index (κ2) is 11.6. The summed E-state index contributed by atoms with van der Waals surface area (Å²) >= 11 is 0. The molecule has 9 heteroatoms. The average Bonchev–Trinajstić information content (AvgIpc) is 3.40. The van der Waals surface area contributed by atoms with Crippen LogP contribution in [0.1, 0.15) is 66.1 Å². The Morgan fingerprint density at radius 3 is 2.73 bits per heavy atom. The van der Waals surface area contributed by atoms with Crippen molar-refractivity contribution in [2.45, 2.75) is 68.7 Å². The molecule has 1 aromatic heterocycles. The third kappa shape index (κ3) is 5.83. The summed E-state index contributed by atoms with van der Waals surface area (Å²) in [5.74, 6) is -0.353. The molecule has 3 heterocycles. The average molecular weight is 559 g/mol. The number of fused-ring (bicyclic) bond motifs is 1. The van der Waals surface area contributed by atoms with Gasteiger partial charge in [-0.05, 0) is 61.9 Å². The van der Waals surface area contributed by atoms with Crippen LogP contribution >= 0.6 is 0 Å². The highest BCUT2D eigenvalue weighted by Gasteiger charge is 2.45. The number of hydrogen-bond donors (Lipinski definition) is 3. The van der Waals surface area contributed by atoms with Gasteiger partial charge in [-0.25, -0.2) is 4.39 Å². The zero-order chi connectivity index (χ0) is 28.4. The normalized spacial score (nSPS) is 20.6. The van der Waals surface area contributed by atoms with Crippen LogP contribution in [0.25, 0.3) is 0 Å². The molecule has 0 unspecified atom stereocenters. The van der Waals surface area contributed by atoms with Crippen molar-refractivity contribution >= 4 is 17.5 Å². The first kappa shape index (κ1) is 27.4. The number of hydrogen-bond acceptors (Lipinski definition) is 6. The van der Waals surface area contributed by atoms with Crippen molar-refractivity contribution in [2.24, 2.45) is 0 Å². The molecule has 2 amide bonds. The highest BCUT2D eigenvalue weighted by molar-refractivity contribution is 5.99. The van der Waals surface area contributed by atoms with Crippen LogP contribution in [-0.2, 0) is 11.2 Å². The van der Waals surface area contributed by atoms with Crippen LogP contribution in [-0.4, -0.2) is 52.7 Å². The number of amides is 2. The molecule has 6 rings (SSSR count). The number of pyridine rings is 1. The van der Waals surface area contributed by atoms with E-state index in [1.165, 1.54) is 23.1 Å². The largest absolute Gasteiger partial charge is 0.485 e. The van der Waals surface area contributed by atoms with Gasteiger partial charge in [0.2, 0.25) is 5.91 Å². The molecule has 41 heavy (non-hydrogen) atoms. The zero-order valence-corrected chi connectivity index (χ0v) is 22.9. The molecule has 2 aromatic carbocycles. The molecule has 3 N–H and O–H groups in total. The first-order valence-corrected chi connectivity index (χ1v) is 14.4. The number of aliphatic hydroxyl groups excluding tert-OH is 1. The van der Waals surface area contributed by atoms with Crippen molar-refractivity contribution in [3.63, 3.8) is 0 Å². The van der Waals surface area contributed by atoms with Gasteiger partial charge in [0.1, 0.15) is 17.2 Å². The first-order chi connectivity index (χ1) is 19.9. The first-order valence-electron chi connectivity index (χ1n) is 14.4. The molecular formula is C32H35FN4O4. The third-order valence-corrected chi connectivity index (χ3v) is 8.58. The van der Waals surface area contributed by atoms with E-state index in [0.29, 0.717) is 25.8 Å². The van der Waals surface area contributed by atoms with Gasteiger partial charge < -0.3 is 25.4 Å². The molecule has 1 saturated heterocycles. The number of rotatable bonds is 9. The van der Waals surface area contributed by atoms with E-state index in [2.05, 4.69) is 15.6 Å².